The molecule has 1 heterocycles. The number of hydrogen-bond donors (Lipinski definition) is 0. The van der Waals surface area contributed by atoms with E-state index >= 15 is 0 Å². The molecule has 0 aliphatic carbocycles. The number of aromatic nitrogens is 3. The molecule has 0 atom stereocenters. The van der Waals surface area contributed by atoms with Gasteiger partial charge in [-0.15, -0.1) is 5.10 Å². The van der Waals surface area contributed by atoms with Gasteiger partial charge in [0.15, 0.2) is 0 Å². The summed E-state index contributed by atoms with van der Waals surface area (Å²) < 4.78 is 1.62. The Bertz CT molecular complexity index is 396. The van der Waals surface area contributed by atoms with Crippen LogP contribution in [-0.4, -0.2) is 26.6 Å². The lowest BCUT2D eigenvalue weighted by atomic mass is 10.1. The smallest absolute Gasteiger partial charge is 0.138 e. The Morgan fingerprint density at radius 3 is 2.71 bits per heavy atom. The van der Waals surface area contributed by atoms with Crippen molar-refractivity contribution in [3.05, 3.63) is 11.9 Å². The van der Waals surface area contributed by atoms with E-state index in [1.165, 1.54) is 0 Å². The van der Waals surface area contributed by atoms with Crippen molar-refractivity contribution in [2.45, 2.75) is 46.6 Å². The van der Waals surface area contributed by atoms with E-state index < -0.39 is 0 Å². The number of carbonyl (C=O) groups is 2. The van der Waals surface area contributed by atoms with Gasteiger partial charge in [0.1, 0.15) is 11.6 Å². The maximum absolute atomic E-state index is 11.4. The fourth-order valence-electron chi connectivity index (χ4n) is 1.37. The second-order valence-electron chi connectivity index (χ2n) is 4.41. The first-order valence-electron chi connectivity index (χ1n) is 5.96. The minimum absolute atomic E-state index is 0.0552. The first kappa shape index (κ1) is 13.5. The molecule has 94 valence electrons. The molecule has 0 N–H and O–H groups in total. The van der Waals surface area contributed by atoms with Gasteiger partial charge in [0.2, 0.25) is 0 Å². The van der Waals surface area contributed by atoms with Gasteiger partial charge >= 0.3 is 0 Å². The topological polar surface area (TPSA) is 64.8 Å². The van der Waals surface area contributed by atoms with Crippen LogP contribution in [0.25, 0.3) is 0 Å². The minimum atomic E-state index is 0.0552. The standard InChI is InChI=1S/C12H19N3O2/c1-4-11(16)7-10-8-15(14-13-10)6-5-12(17)9(2)3/h8-9H,4-7H2,1-3H3. The predicted octanol–water partition coefficient (Wildman–Crippen LogP) is 1.41. The van der Waals surface area contributed by atoms with Gasteiger partial charge in [-0.2, -0.15) is 0 Å². The molecule has 5 nitrogen and oxygen atoms in total. The van der Waals surface area contributed by atoms with Crippen LogP contribution in [0.1, 0.15) is 39.3 Å². The quantitative estimate of drug-likeness (QED) is 0.719. The molecule has 5 heteroatoms. The van der Waals surface area contributed by atoms with Crippen molar-refractivity contribution in [3.63, 3.8) is 0 Å². The van der Waals surface area contributed by atoms with Gasteiger partial charge in [-0.05, 0) is 0 Å². The zero-order chi connectivity index (χ0) is 12.8. The molecule has 0 aliphatic rings. The Labute approximate surface area is 101 Å². The van der Waals surface area contributed by atoms with Crippen molar-refractivity contribution < 1.29 is 9.59 Å². The molecule has 0 saturated carbocycles. The van der Waals surface area contributed by atoms with Crippen molar-refractivity contribution >= 4 is 11.6 Å². The van der Waals surface area contributed by atoms with Crippen molar-refractivity contribution in [1.82, 2.24) is 15.0 Å². The van der Waals surface area contributed by atoms with Crippen molar-refractivity contribution in [1.29, 1.82) is 0 Å². The lowest BCUT2D eigenvalue weighted by molar-refractivity contribution is -0.122. The van der Waals surface area contributed by atoms with Crippen LogP contribution in [0.5, 0.6) is 0 Å². The van der Waals surface area contributed by atoms with Crippen LogP contribution in [0.15, 0.2) is 6.20 Å². The third-order valence-corrected chi connectivity index (χ3v) is 2.59. The van der Waals surface area contributed by atoms with Crippen LogP contribution >= 0.6 is 0 Å². The molecule has 0 fully saturated rings. The molecule has 0 amide bonds. The maximum Gasteiger partial charge on any atom is 0.138 e. The van der Waals surface area contributed by atoms with Crippen LogP contribution in [0.3, 0.4) is 0 Å². The SMILES string of the molecule is CCC(=O)Cc1cn(CCC(=O)C(C)C)nn1. The second kappa shape index (κ2) is 6.27. The van der Waals surface area contributed by atoms with Gasteiger partial charge in [-0.3, -0.25) is 14.3 Å². The van der Waals surface area contributed by atoms with Gasteiger partial charge in [0, 0.05) is 31.5 Å². The van der Waals surface area contributed by atoms with Crippen molar-refractivity contribution in [2.75, 3.05) is 0 Å². The minimum Gasteiger partial charge on any atom is -0.299 e. The van der Waals surface area contributed by atoms with E-state index in [1.807, 2.05) is 20.8 Å². The Balaban J connectivity index is 2.46. The molecule has 0 bridgehead atoms. The van der Waals surface area contributed by atoms with E-state index in [0.717, 1.165) is 0 Å². The van der Waals surface area contributed by atoms with E-state index in [-0.39, 0.29) is 17.5 Å². The zero-order valence-corrected chi connectivity index (χ0v) is 10.6. The van der Waals surface area contributed by atoms with E-state index in [0.29, 0.717) is 31.5 Å². The number of aryl methyl sites for hydroxylation is 1. The summed E-state index contributed by atoms with van der Waals surface area (Å²) >= 11 is 0. The van der Waals surface area contributed by atoms with Crippen molar-refractivity contribution in [2.24, 2.45) is 5.92 Å². The van der Waals surface area contributed by atoms with E-state index in [1.54, 1.807) is 10.9 Å². The molecular formula is C12H19N3O2. The fourth-order valence-corrected chi connectivity index (χ4v) is 1.37. The summed E-state index contributed by atoms with van der Waals surface area (Å²) in [6.07, 6.45) is 3.04. The summed E-state index contributed by atoms with van der Waals surface area (Å²) in [5.41, 5.74) is 0.675. The third kappa shape index (κ3) is 4.46. The van der Waals surface area contributed by atoms with E-state index in [2.05, 4.69) is 10.3 Å². The van der Waals surface area contributed by atoms with Crippen LogP contribution in [0, 0.1) is 5.92 Å². The third-order valence-electron chi connectivity index (χ3n) is 2.59. The Hall–Kier alpha value is -1.52. The van der Waals surface area contributed by atoms with Gasteiger partial charge in [-0.1, -0.05) is 26.0 Å². The molecule has 0 aliphatic heterocycles. The zero-order valence-electron chi connectivity index (χ0n) is 10.6. The molecule has 0 radical (unpaired) electrons. The number of rotatable bonds is 7. The average molecular weight is 237 g/mol. The summed E-state index contributed by atoms with van der Waals surface area (Å²) in [4.78, 5) is 22.6. The predicted molar refractivity (Wildman–Crippen MR) is 63.5 cm³/mol. The lowest BCUT2D eigenvalue weighted by Gasteiger charge is -2.02. The largest absolute Gasteiger partial charge is 0.299 e. The number of Topliss-reactive ketones (excluding diaryl/α,β-unsaturated/α-hetero) is 2. The van der Waals surface area contributed by atoms with Crippen LogP contribution in [0.4, 0.5) is 0 Å². The Kier molecular flexibility index (Phi) is 5.00. The summed E-state index contributed by atoms with van der Waals surface area (Å²) in [6.45, 7) is 6.13. The van der Waals surface area contributed by atoms with Crippen LogP contribution < -0.4 is 0 Å². The Morgan fingerprint density at radius 1 is 1.41 bits per heavy atom. The molecule has 0 unspecified atom stereocenters. The number of ketones is 2. The first-order chi connectivity index (χ1) is 8.02. The highest BCUT2D eigenvalue weighted by molar-refractivity contribution is 5.80. The Morgan fingerprint density at radius 2 is 2.12 bits per heavy atom. The second-order valence-corrected chi connectivity index (χ2v) is 4.41. The number of carbonyl (C=O) groups excluding carboxylic acids is 2. The lowest BCUT2D eigenvalue weighted by Crippen LogP contribution is -2.11. The molecule has 17 heavy (non-hydrogen) atoms. The van der Waals surface area contributed by atoms with Crippen LogP contribution in [-0.2, 0) is 22.6 Å². The normalized spacial score (nSPS) is 10.8. The highest BCUT2D eigenvalue weighted by Crippen LogP contribution is 2.02. The summed E-state index contributed by atoms with van der Waals surface area (Å²) in [7, 11) is 0. The monoisotopic (exact) mass is 237 g/mol. The van der Waals surface area contributed by atoms with Gasteiger partial charge in [-0.25, -0.2) is 0 Å². The molecule has 1 rings (SSSR count). The summed E-state index contributed by atoms with van der Waals surface area (Å²) in [6, 6.07) is 0. The number of hydrogen-bond acceptors (Lipinski definition) is 4. The molecular weight excluding hydrogens is 218 g/mol. The van der Waals surface area contributed by atoms with Crippen molar-refractivity contribution in [3.8, 4) is 0 Å². The van der Waals surface area contributed by atoms with E-state index in [4.69, 9.17) is 0 Å². The highest BCUT2D eigenvalue weighted by Gasteiger charge is 2.09. The molecule has 1 aromatic rings. The summed E-state index contributed by atoms with van der Waals surface area (Å²) in [5.74, 6) is 0.418. The molecule has 0 aromatic carbocycles. The highest BCUT2D eigenvalue weighted by atomic mass is 16.1. The van der Waals surface area contributed by atoms with Gasteiger partial charge < -0.3 is 0 Å². The fraction of sp³-hybridized carbons (Fsp3) is 0.667. The van der Waals surface area contributed by atoms with Gasteiger partial charge in [0.25, 0.3) is 0 Å². The molecule has 0 spiro atoms. The number of nitrogens with zero attached hydrogens (tertiary/aromatic N) is 3. The van der Waals surface area contributed by atoms with Gasteiger partial charge in [0.05, 0.1) is 12.1 Å². The summed E-state index contributed by atoms with van der Waals surface area (Å²) in [5, 5.41) is 7.80. The molecule has 1 aromatic heterocycles. The average Bonchev–Trinajstić information content (AvgIpc) is 2.73. The van der Waals surface area contributed by atoms with Crippen LogP contribution in [0.2, 0.25) is 0 Å². The van der Waals surface area contributed by atoms with E-state index in [9.17, 15) is 9.59 Å². The molecule has 0 saturated heterocycles. The maximum atomic E-state index is 11.4. The first-order valence-corrected chi connectivity index (χ1v) is 5.96.